The lowest BCUT2D eigenvalue weighted by atomic mass is 10.4. The van der Waals surface area contributed by atoms with Crippen LogP contribution in [0.15, 0.2) is 0 Å². The molecule has 0 radical (unpaired) electrons. The first-order valence-corrected chi connectivity index (χ1v) is 23.1. The lowest BCUT2D eigenvalue weighted by molar-refractivity contribution is 0.863. The molecular weight excluding hydrogens is 317 g/mol. The molecule has 0 fully saturated rings. The van der Waals surface area contributed by atoms with Gasteiger partial charge in [0.2, 0.25) is 0 Å². The summed E-state index contributed by atoms with van der Waals surface area (Å²) in [5.74, 6) is 0. The maximum atomic E-state index is 2.77. The van der Waals surface area contributed by atoms with E-state index in [-0.39, 0.29) is 0 Å². The number of rotatable bonds is 10. The molecule has 0 N–H and O–H groups in total. The van der Waals surface area contributed by atoms with Gasteiger partial charge in [-0.3, -0.25) is 0 Å². The molecule has 0 aliphatic rings. The minimum Gasteiger partial charge on any atom is -0.0698 e. The zero-order valence-electron chi connectivity index (χ0n) is 16.9. The second-order valence-corrected chi connectivity index (χ2v) is 33.6. The molecule has 0 amide bonds. The van der Waals surface area contributed by atoms with E-state index in [1.54, 1.807) is 29.5 Å². The molecule has 0 saturated carbocycles. The fourth-order valence-electron chi connectivity index (χ4n) is 4.22. The van der Waals surface area contributed by atoms with E-state index in [2.05, 4.69) is 65.8 Å². The van der Waals surface area contributed by atoms with E-state index >= 15 is 0 Å². The van der Waals surface area contributed by atoms with Crippen LogP contribution in [0.2, 0.25) is 88.4 Å². The summed E-state index contributed by atoms with van der Waals surface area (Å²) >= 11 is 0. The van der Waals surface area contributed by atoms with Crippen molar-refractivity contribution in [1.29, 1.82) is 0 Å². The first-order valence-electron chi connectivity index (χ1n) is 9.18. The van der Waals surface area contributed by atoms with Gasteiger partial charge in [0.25, 0.3) is 0 Å². The van der Waals surface area contributed by atoms with Crippen LogP contribution in [-0.2, 0) is 0 Å². The van der Waals surface area contributed by atoms with E-state index in [4.69, 9.17) is 0 Å². The predicted molar refractivity (Wildman–Crippen MR) is 115 cm³/mol. The Kier molecular flexibility index (Phi) is 8.45. The Morgan fingerprint density at radius 3 is 1.33 bits per heavy atom. The Labute approximate surface area is 140 Å². The molecule has 21 heavy (non-hydrogen) atoms. The van der Waals surface area contributed by atoms with Crippen molar-refractivity contribution in [2.45, 2.75) is 108 Å². The maximum absolute atomic E-state index is 2.77. The molecule has 0 atom stereocenters. The Morgan fingerprint density at radius 1 is 0.571 bits per heavy atom. The van der Waals surface area contributed by atoms with Crippen LogP contribution in [0.4, 0.5) is 0 Å². The van der Waals surface area contributed by atoms with Crippen molar-refractivity contribution in [1.82, 2.24) is 0 Å². The average molecular weight is 361 g/mol. The zero-order valence-corrected chi connectivity index (χ0v) is 20.9. The van der Waals surface area contributed by atoms with Crippen molar-refractivity contribution in [2.24, 2.45) is 0 Å². The zero-order chi connectivity index (χ0) is 16.9. The molecule has 128 valence electrons. The van der Waals surface area contributed by atoms with Crippen LogP contribution in [0.25, 0.3) is 0 Å². The number of hydrogen-bond donors (Lipinski definition) is 0. The van der Waals surface area contributed by atoms with Gasteiger partial charge in [0.1, 0.15) is 0 Å². The summed E-state index contributed by atoms with van der Waals surface area (Å²) in [6, 6.07) is 4.82. The number of unbranched alkanes of at least 4 members (excludes halogenated alkanes) is 1. The van der Waals surface area contributed by atoms with Crippen molar-refractivity contribution in [3.8, 4) is 0 Å². The van der Waals surface area contributed by atoms with Crippen LogP contribution in [0, 0.1) is 0 Å². The molecule has 0 aliphatic heterocycles. The third-order valence-electron chi connectivity index (χ3n) is 4.53. The summed E-state index contributed by atoms with van der Waals surface area (Å²) in [6.45, 7) is 26.0. The van der Waals surface area contributed by atoms with Gasteiger partial charge in [0, 0.05) is 32.3 Å². The molecule has 0 nitrogen and oxygen atoms in total. The first kappa shape index (κ1) is 21.9. The van der Waals surface area contributed by atoms with Gasteiger partial charge in [-0.05, 0) is 0 Å². The summed E-state index contributed by atoms with van der Waals surface area (Å²) in [5, 5.41) is 0. The predicted octanol–water partition coefficient (Wildman–Crippen LogP) is 7.33. The van der Waals surface area contributed by atoms with Gasteiger partial charge < -0.3 is 0 Å². The third-order valence-corrected chi connectivity index (χ3v) is 25.1. The van der Waals surface area contributed by atoms with Gasteiger partial charge in [-0.2, -0.15) is 0 Å². The van der Waals surface area contributed by atoms with Crippen LogP contribution < -0.4 is 0 Å². The average Bonchev–Trinajstić information content (AvgIpc) is 2.19. The highest BCUT2D eigenvalue weighted by molar-refractivity contribution is 7.02. The van der Waals surface area contributed by atoms with Crippen molar-refractivity contribution in [2.75, 3.05) is 0 Å². The Morgan fingerprint density at radius 2 is 1.00 bits per heavy atom. The summed E-state index contributed by atoms with van der Waals surface area (Å²) in [4.78, 5) is 0. The summed E-state index contributed by atoms with van der Waals surface area (Å²) in [5.41, 5.74) is 3.34. The second-order valence-electron chi connectivity index (χ2n) is 11.1. The van der Waals surface area contributed by atoms with Gasteiger partial charge in [0.05, 0.1) is 0 Å². The van der Waals surface area contributed by atoms with Gasteiger partial charge in [0.15, 0.2) is 0 Å². The van der Waals surface area contributed by atoms with E-state index in [0.29, 0.717) is 0 Å². The quantitative estimate of drug-likeness (QED) is 0.358. The van der Waals surface area contributed by atoms with Crippen LogP contribution >= 0.6 is 0 Å². The molecule has 0 aromatic carbocycles. The molecule has 0 rings (SSSR count). The summed E-state index contributed by atoms with van der Waals surface area (Å²) in [7, 11) is -3.76. The SMILES string of the molecule is CCCC[Si](C)(C)CC[Si](C)(C[Si](C)(C)C)C[Si](C)(C)C. The maximum Gasteiger partial charge on any atom is 0.0470 e. The third kappa shape index (κ3) is 12.0. The number of hydrogen-bond acceptors (Lipinski definition) is 0. The highest BCUT2D eigenvalue weighted by atomic mass is 28.4. The van der Waals surface area contributed by atoms with Crippen LogP contribution in [0.5, 0.6) is 0 Å². The van der Waals surface area contributed by atoms with Crippen molar-refractivity contribution in [3.05, 3.63) is 0 Å². The standard InChI is InChI=1S/C17H44Si4/c1-11-12-13-20(8,9)14-15-21(10,16-18(2,3)4)17-19(5,6)7/h11-17H2,1-10H3. The molecule has 0 aromatic rings. The molecule has 0 aromatic heterocycles. The van der Waals surface area contributed by atoms with E-state index in [0.717, 1.165) is 0 Å². The van der Waals surface area contributed by atoms with Crippen molar-refractivity contribution < 1.29 is 0 Å². The minimum absolute atomic E-state index is 0.915. The van der Waals surface area contributed by atoms with E-state index in [9.17, 15) is 0 Å². The molecule has 0 saturated heterocycles. The van der Waals surface area contributed by atoms with Crippen molar-refractivity contribution >= 4 is 32.3 Å². The Balaban J connectivity index is 4.83. The highest BCUT2D eigenvalue weighted by Crippen LogP contribution is 2.35. The lowest BCUT2D eigenvalue weighted by Gasteiger charge is -2.39. The fraction of sp³-hybridized carbons (Fsp3) is 1.00. The molecule has 0 bridgehead atoms. The van der Waals surface area contributed by atoms with Gasteiger partial charge >= 0.3 is 0 Å². The Bertz CT molecular complexity index is 281. The van der Waals surface area contributed by atoms with E-state index in [1.165, 1.54) is 12.8 Å². The Hall–Kier alpha value is 0.868. The summed E-state index contributed by atoms with van der Waals surface area (Å²) < 4.78 is 0. The highest BCUT2D eigenvalue weighted by Gasteiger charge is 2.38. The molecule has 0 heterocycles. The molecule has 0 aliphatic carbocycles. The van der Waals surface area contributed by atoms with Gasteiger partial charge in [-0.1, -0.05) is 108 Å². The summed E-state index contributed by atoms with van der Waals surface area (Å²) in [6.07, 6.45) is 2.86. The second kappa shape index (κ2) is 8.11. The van der Waals surface area contributed by atoms with Crippen molar-refractivity contribution in [3.63, 3.8) is 0 Å². The smallest absolute Gasteiger partial charge is 0.0470 e. The van der Waals surface area contributed by atoms with Gasteiger partial charge in [-0.25, -0.2) is 0 Å². The molecule has 0 unspecified atom stereocenters. The molecule has 4 heteroatoms. The topological polar surface area (TPSA) is 0 Å². The molecular formula is C17H44Si4. The molecule has 0 spiro atoms. The largest absolute Gasteiger partial charge is 0.0698 e. The van der Waals surface area contributed by atoms with Gasteiger partial charge in [-0.15, -0.1) is 0 Å². The van der Waals surface area contributed by atoms with E-state index < -0.39 is 32.3 Å². The van der Waals surface area contributed by atoms with Crippen LogP contribution in [-0.4, -0.2) is 32.3 Å². The van der Waals surface area contributed by atoms with E-state index in [1.807, 2.05) is 0 Å². The van der Waals surface area contributed by atoms with Crippen LogP contribution in [0.1, 0.15) is 19.8 Å². The fourth-order valence-corrected chi connectivity index (χ4v) is 34.4. The minimum atomic E-state index is -1.01. The lowest BCUT2D eigenvalue weighted by Crippen LogP contribution is -2.46. The first-order chi connectivity index (χ1) is 9.18. The normalized spacial score (nSPS) is 14.6. The van der Waals surface area contributed by atoms with Crippen LogP contribution in [0.3, 0.4) is 0 Å². The monoisotopic (exact) mass is 360 g/mol.